The second-order valence-corrected chi connectivity index (χ2v) is 6.95. The Bertz CT molecular complexity index is 633. The molecule has 0 radical (unpaired) electrons. The zero-order valence-corrected chi connectivity index (χ0v) is 14.9. The highest BCUT2D eigenvalue weighted by molar-refractivity contribution is 6.39. The van der Waals surface area contributed by atoms with Gasteiger partial charge in [-0.3, -0.25) is 9.59 Å². The summed E-state index contributed by atoms with van der Waals surface area (Å²) in [5, 5.41) is 5.34. The first kappa shape index (κ1) is 17.9. The number of hydrogen-bond acceptors (Lipinski definition) is 4. The molecule has 1 aromatic rings. The van der Waals surface area contributed by atoms with Crippen molar-refractivity contribution in [2.24, 2.45) is 0 Å². The summed E-state index contributed by atoms with van der Waals surface area (Å²) in [6, 6.07) is 5.71. The third-order valence-corrected chi connectivity index (χ3v) is 4.95. The van der Waals surface area contributed by atoms with Crippen molar-refractivity contribution in [3.63, 3.8) is 0 Å². The van der Waals surface area contributed by atoms with E-state index in [4.69, 9.17) is 9.47 Å². The molecular formula is C19H26N2O4. The number of hydrogen-bond donors (Lipinski definition) is 2. The van der Waals surface area contributed by atoms with Crippen molar-refractivity contribution in [1.82, 2.24) is 5.32 Å². The molecule has 1 atom stereocenters. The van der Waals surface area contributed by atoms with Gasteiger partial charge in [0.05, 0.1) is 6.61 Å². The smallest absolute Gasteiger partial charge is 0.313 e. The molecule has 2 aliphatic rings. The first-order valence-electron chi connectivity index (χ1n) is 8.96. The Balaban J connectivity index is 1.48. The number of nitrogens with one attached hydrogen (secondary N) is 2. The lowest BCUT2D eigenvalue weighted by atomic mass is 9.94. The van der Waals surface area contributed by atoms with Gasteiger partial charge in [-0.15, -0.1) is 0 Å². The summed E-state index contributed by atoms with van der Waals surface area (Å²) >= 11 is 0. The van der Waals surface area contributed by atoms with Gasteiger partial charge in [0.2, 0.25) is 0 Å². The molecule has 0 aromatic heterocycles. The molecule has 1 aliphatic heterocycles. The predicted molar refractivity (Wildman–Crippen MR) is 94.2 cm³/mol. The second-order valence-electron chi connectivity index (χ2n) is 6.95. The van der Waals surface area contributed by atoms with Crippen molar-refractivity contribution >= 4 is 17.5 Å². The molecule has 1 spiro atoms. The Labute approximate surface area is 148 Å². The zero-order chi connectivity index (χ0) is 17.9. The Kier molecular flexibility index (Phi) is 5.39. The first-order chi connectivity index (χ1) is 12.0. The van der Waals surface area contributed by atoms with E-state index in [9.17, 15) is 9.59 Å². The average molecular weight is 346 g/mol. The van der Waals surface area contributed by atoms with Crippen molar-refractivity contribution in [3.05, 3.63) is 29.3 Å². The summed E-state index contributed by atoms with van der Waals surface area (Å²) in [4.78, 5) is 24.2. The van der Waals surface area contributed by atoms with Crippen molar-refractivity contribution in [2.45, 2.75) is 57.8 Å². The van der Waals surface area contributed by atoms with Gasteiger partial charge in [0, 0.05) is 25.1 Å². The highest BCUT2D eigenvalue weighted by Crippen LogP contribution is 2.37. The van der Waals surface area contributed by atoms with Crippen molar-refractivity contribution in [2.75, 3.05) is 18.5 Å². The number of benzene rings is 1. The fourth-order valence-electron chi connectivity index (χ4n) is 3.54. The van der Waals surface area contributed by atoms with Gasteiger partial charge < -0.3 is 20.1 Å². The molecule has 1 saturated heterocycles. The monoisotopic (exact) mass is 346 g/mol. The molecule has 2 N–H and O–H groups in total. The third kappa shape index (κ3) is 4.19. The molecule has 3 rings (SSSR count). The van der Waals surface area contributed by atoms with Gasteiger partial charge in [-0.1, -0.05) is 24.6 Å². The van der Waals surface area contributed by atoms with E-state index in [-0.39, 0.29) is 12.6 Å². The molecule has 1 aliphatic carbocycles. The second kappa shape index (κ2) is 7.54. The van der Waals surface area contributed by atoms with E-state index < -0.39 is 17.6 Å². The molecule has 0 bridgehead atoms. The van der Waals surface area contributed by atoms with Crippen LogP contribution in [0.5, 0.6) is 0 Å². The van der Waals surface area contributed by atoms with Crippen molar-refractivity contribution in [3.8, 4) is 0 Å². The maximum Gasteiger partial charge on any atom is 0.313 e. The fraction of sp³-hybridized carbons (Fsp3) is 0.579. The quantitative estimate of drug-likeness (QED) is 0.824. The average Bonchev–Trinajstić information content (AvgIpc) is 2.99. The lowest BCUT2D eigenvalue weighted by Gasteiger charge is -2.31. The Morgan fingerprint density at radius 1 is 1.12 bits per heavy atom. The van der Waals surface area contributed by atoms with Gasteiger partial charge in [-0.05, 0) is 37.8 Å². The molecule has 1 saturated carbocycles. The van der Waals surface area contributed by atoms with Crippen molar-refractivity contribution < 1.29 is 19.1 Å². The van der Waals surface area contributed by atoms with Gasteiger partial charge in [-0.2, -0.15) is 0 Å². The van der Waals surface area contributed by atoms with E-state index in [2.05, 4.69) is 10.6 Å². The Hall–Kier alpha value is -1.92. The lowest BCUT2D eigenvalue weighted by Crippen LogP contribution is -2.41. The fourth-order valence-corrected chi connectivity index (χ4v) is 3.54. The van der Waals surface area contributed by atoms with E-state index in [1.807, 2.05) is 32.0 Å². The van der Waals surface area contributed by atoms with Crippen LogP contribution in [0.4, 0.5) is 5.69 Å². The minimum Gasteiger partial charge on any atom is -0.347 e. The summed E-state index contributed by atoms with van der Waals surface area (Å²) in [5.74, 6) is -1.78. The SMILES string of the molecule is Cc1cccc(C)c1NC(=O)C(=O)NC[C@@H]1COC2(CCCCC2)O1. The summed E-state index contributed by atoms with van der Waals surface area (Å²) in [5.41, 5.74) is 2.53. The number of rotatable bonds is 3. The highest BCUT2D eigenvalue weighted by Gasteiger charge is 2.42. The molecule has 25 heavy (non-hydrogen) atoms. The molecule has 6 nitrogen and oxygen atoms in total. The third-order valence-electron chi connectivity index (χ3n) is 4.95. The van der Waals surface area contributed by atoms with Gasteiger partial charge in [-0.25, -0.2) is 0 Å². The maximum absolute atomic E-state index is 12.1. The van der Waals surface area contributed by atoms with Crippen LogP contribution in [0, 0.1) is 13.8 Å². The highest BCUT2D eigenvalue weighted by atomic mass is 16.7. The molecule has 136 valence electrons. The van der Waals surface area contributed by atoms with Crippen LogP contribution in [0.15, 0.2) is 18.2 Å². The van der Waals surface area contributed by atoms with Crippen LogP contribution in [0.3, 0.4) is 0 Å². The minimum atomic E-state index is -0.663. The van der Waals surface area contributed by atoms with E-state index in [1.165, 1.54) is 6.42 Å². The minimum absolute atomic E-state index is 0.199. The van der Waals surface area contributed by atoms with Gasteiger partial charge in [0.15, 0.2) is 5.79 Å². The number of carbonyl (C=O) groups is 2. The molecule has 1 aromatic carbocycles. The molecule has 2 amide bonds. The van der Waals surface area contributed by atoms with Crippen LogP contribution in [0.1, 0.15) is 43.2 Å². The van der Waals surface area contributed by atoms with E-state index in [1.54, 1.807) is 0 Å². The Morgan fingerprint density at radius 2 is 1.80 bits per heavy atom. The predicted octanol–water partition coefficient (Wildman–Crippen LogP) is 2.43. The van der Waals surface area contributed by atoms with Gasteiger partial charge in [0.1, 0.15) is 6.10 Å². The van der Waals surface area contributed by atoms with Gasteiger partial charge >= 0.3 is 11.8 Å². The van der Waals surface area contributed by atoms with Crippen LogP contribution in [-0.2, 0) is 19.1 Å². The number of carbonyl (C=O) groups excluding carboxylic acids is 2. The zero-order valence-electron chi connectivity index (χ0n) is 14.9. The van der Waals surface area contributed by atoms with Crippen molar-refractivity contribution in [1.29, 1.82) is 0 Å². The number of aryl methyl sites for hydroxylation is 2. The topological polar surface area (TPSA) is 76.7 Å². The molecular weight excluding hydrogens is 320 g/mol. The lowest BCUT2D eigenvalue weighted by molar-refractivity contribution is -0.186. The van der Waals surface area contributed by atoms with Crippen LogP contribution >= 0.6 is 0 Å². The summed E-state index contributed by atoms with van der Waals surface area (Å²) in [6.07, 6.45) is 5.05. The molecule has 1 heterocycles. The summed E-state index contributed by atoms with van der Waals surface area (Å²) in [6.45, 7) is 4.53. The largest absolute Gasteiger partial charge is 0.347 e. The molecule has 0 unspecified atom stereocenters. The number of ether oxygens (including phenoxy) is 2. The number of anilines is 1. The van der Waals surface area contributed by atoms with Gasteiger partial charge in [0.25, 0.3) is 0 Å². The Morgan fingerprint density at radius 3 is 2.48 bits per heavy atom. The number of para-hydroxylation sites is 1. The first-order valence-corrected chi connectivity index (χ1v) is 8.96. The molecule has 6 heteroatoms. The van der Waals surface area contributed by atoms with Crippen LogP contribution in [-0.4, -0.2) is 36.9 Å². The molecule has 2 fully saturated rings. The summed E-state index contributed by atoms with van der Waals surface area (Å²) in [7, 11) is 0. The van der Waals surface area contributed by atoms with Crippen LogP contribution in [0.2, 0.25) is 0 Å². The van der Waals surface area contributed by atoms with E-state index >= 15 is 0 Å². The standard InChI is InChI=1S/C19H26N2O4/c1-13-7-6-8-14(2)16(13)21-18(23)17(22)20-11-15-12-24-19(25-15)9-4-3-5-10-19/h6-8,15H,3-5,9-12H2,1-2H3,(H,20,22)(H,21,23)/t15-/m1/s1. The summed E-state index contributed by atoms with van der Waals surface area (Å²) < 4.78 is 11.8. The van der Waals surface area contributed by atoms with Crippen LogP contribution in [0.25, 0.3) is 0 Å². The maximum atomic E-state index is 12.1. The van der Waals surface area contributed by atoms with E-state index in [0.717, 1.165) is 36.8 Å². The van der Waals surface area contributed by atoms with Crippen LogP contribution < -0.4 is 10.6 Å². The normalized spacial score (nSPS) is 21.9. The van der Waals surface area contributed by atoms with E-state index in [0.29, 0.717) is 12.3 Å². The number of amides is 2.